The number of nitrogens with one attached hydrogen (secondary N) is 2. The summed E-state index contributed by atoms with van der Waals surface area (Å²) in [7, 11) is 2.92. The fourth-order valence-electron chi connectivity index (χ4n) is 3.35. The fourth-order valence-corrected chi connectivity index (χ4v) is 3.35. The van der Waals surface area contributed by atoms with Gasteiger partial charge in [-0.1, -0.05) is 18.2 Å². The standard InChI is InChI=1S/C24H21FN4O3/c1-31-21-11-7-15(13-18(21)25)6-9-19-22-20(29-28-19)10-8-17(23(22)32-2)24(30)27-14-16-5-3-4-12-26-16/h3-13H,14H2,1-2H3,(H,27,30)(H,28,29)/b9-6+. The number of hydrogen-bond donors (Lipinski definition) is 2. The zero-order valence-corrected chi connectivity index (χ0v) is 17.6. The van der Waals surface area contributed by atoms with Gasteiger partial charge >= 0.3 is 0 Å². The zero-order valence-electron chi connectivity index (χ0n) is 17.6. The second-order valence-electron chi connectivity index (χ2n) is 6.91. The van der Waals surface area contributed by atoms with Gasteiger partial charge in [0.25, 0.3) is 5.91 Å². The van der Waals surface area contributed by atoms with Crippen LogP contribution in [0.4, 0.5) is 4.39 Å². The van der Waals surface area contributed by atoms with Crippen molar-refractivity contribution < 1.29 is 18.7 Å². The molecule has 4 aromatic rings. The Morgan fingerprint density at radius 3 is 2.72 bits per heavy atom. The molecule has 0 unspecified atom stereocenters. The van der Waals surface area contributed by atoms with Crippen LogP contribution in [-0.4, -0.2) is 35.3 Å². The van der Waals surface area contributed by atoms with Crippen molar-refractivity contribution in [2.75, 3.05) is 14.2 Å². The molecule has 0 spiro atoms. The van der Waals surface area contributed by atoms with Crippen LogP contribution in [0.5, 0.6) is 11.5 Å². The second kappa shape index (κ2) is 9.30. The van der Waals surface area contributed by atoms with Crippen LogP contribution in [0.1, 0.15) is 27.3 Å². The van der Waals surface area contributed by atoms with Crippen molar-refractivity contribution in [2.45, 2.75) is 6.54 Å². The third-order valence-electron chi connectivity index (χ3n) is 4.93. The molecule has 2 aromatic heterocycles. The Hall–Kier alpha value is -4.20. The van der Waals surface area contributed by atoms with Crippen LogP contribution in [0.15, 0.2) is 54.7 Å². The molecule has 7 nitrogen and oxygen atoms in total. The Kier molecular flexibility index (Phi) is 6.12. The van der Waals surface area contributed by atoms with Crippen molar-refractivity contribution in [1.82, 2.24) is 20.5 Å². The Morgan fingerprint density at radius 1 is 1.12 bits per heavy atom. The van der Waals surface area contributed by atoms with Gasteiger partial charge in [0.05, 0.1) is 48.6 Å². The zero-order chi connectivity index (χ0) is 22.5. The average Bonchev–Trinajstić information content (AvgIpc) is 3.24. The smallest absolute Gasteiger partial charge is 0.255 e. The van der Waals surface area contributed by atoms with Gasteiger partial charge in [0.2, 0.25) is 0 Å². The average molecular weight is 432 g/mol. The van der Waals surface area contributed by atoms with Gasteiger partial charge in [-0.3, -0.25) is 14.9 Å². The van der Waals surface area contributed by atoms with Crippen LogP contribution in [-0.2, 0) is 6.54 Å². The van der Waals surface area contributed by atoms with E-state index in [0.717, 1.165) is 5.69 Å². The molecule has 2 N–H and O–H groups in total. The van der Waals surface area contributed by atoms with Gasteiger partial charge in [-0.25, -0.2) is 4.39 Å². The summed E-state index contributed by atoms with van der Waals surface area (Å²) in [5.41, 5.74) is 3.05. The third-order valence-corrected chi connectivity index (χ3v) is 4.93. The number of rotatable bonds is 7. The molecule has 2 aromatic carbocycles. The van der Waals surface area contributed by atoms with Crippen LogP contribution in [0.2, 0.25) is 0 Å². The largest absolute Gasteiger partial charge is 0.495 e. The molecule has 0 saturated carbocycles. The van der Waals surface area contributed by atoms with E-state index in [0.29, 0.717) is 40.0 Å². The number of H-pyrrole nitrogens is 1. The van der Waals surface area contributed by atoms with Crippen LogP contribution < -0.4 is 14.8 Å². The minimum atomic E-state index is -0.450. The van der Waals surface area contributed by atoms with E-state index in [-0.39, 0.29) is 11.7 Å². The van der Waals surface area contributed by atoms with E-state index in [4.69, 9.17) is 9.47 Å². The Bertz CT molecular complexity index is 1290. The van der Waals surface area contributed by atoms with Gasteiger partial charge in [-0.2, -0.15) is 5.10 Å². The first-order chi connectivity index (χ1) is 15.6. The second-order valence-corrected chi connectivity index (χ2v) is 6.91. The lowest BCUT2D eigenvalue weighted by Gasteiger charge is -2.10. The van der Waals surface area contributed by atoms with E-state index < -0.39 is 5.82 Å². The number of ether oxygens (including phenoxy) is 2. The monoisotopic (exact) mass is 432 g/mol. The first kappa shape index (κ1) is 21.0. The fraction of sp³-hybridized carbons (Fsp3) is 0.125. The maximum Gasteiger partial charge on any atom is 0.255 e. The summed E-state index contributed by atoms with van der Waals surface area (Å²) in [5.74, 6) is -0.163. The number of aromatic amines is 1. The van der Waals surface area contributed by atoms with Gasteiger partial charge in [0.15, 0.2) is 11.6 Å². The summed E-state index contributed by atoms with van der Waals surface area (Å²) in [6, 6.07) is 13.6. The van der Waals surface area contributed by atoms with Gasteiger partial charge in [-0.05, 0) is 48.0 Å². The number of carbonyl (C=O) groups excluding carboxylic acids is 1. The van der Waals surface area contributed by atoms with Gasteiger partial charge < -0.3 is 14.8 Å². The Labute approximate surface area is 183 Å². The van der Waals surface area contributed by atoms with Crippen molar-refractivity contribution in [3.8, 4) is 11.5 Å². The minimum Gasteiger partial charge on any atom is -0.495 e. The molecule has 162 valence electrons. The number of hydrogen-bond acceptors (Lipinski definition) is 5. The van der Waals surface area contributed by atoms with E-state index >= 15 is 0 Å². The van der Waals surface area contributed by atoms with Gasteiger partial charge in [0, 0.05) is 6.20 Å². The summed E-state index contributed by atoms with van der Waals surface area (Å²) in [6.45, 7) is 0.294. The summed E-state index contributed by atoms with van der Waals surface area (Å²) < 4.78 is 24.5. The highest BCUT2D eigenvalue weighted by atomic mass is 19.1. The molecular weight excluding hydrogens is 411 g/mol. The number of fused-ring (bicyclic) bond motifs is 1. The summed E-state index contributed by atoms with van der Waals surface area (Å²) in [5, 5.41) is 10.7. The molecule has 0 fully saturated rings. The number of benzene rings is 2. The SMILES string of the molecule is COc1ccc(/C=C/c2[nH]nc3ccc(C(=O)NCc4ccccn4)c(OC)c23)cc1F. The molecule has 4 rings (SSSR count). The van der Waals surface area contributed by atoms with E-state index in [1.165, 1.54) is 20.3 Å². The lowest BCUT2D eigenvalue weighted by atomic mass is 10.1. The number of nitrogens with zero attached hydrogens (tertiary/aromatic N) is 2. The number of pyridine rings is 1. The molecule has 0 radical (unpaired) electrons. The van der Waals surface area contributed by atoms with Crippen molar-refractivity contribution in [3.05, 3.63) is 83.1 Å². The molecule has 8 heteroatoms. The van der Waals surface area contributed by atoms with Crippen molar-refractivity contribution >= 4 is 29.0 Å². The Balaban J connectivity index is 1.63. The van der Waals surface area contributed by atoms with Crippen LogP contribution in [0, 0.1) is 5.82 Å². The molecule has 0 aliphatic rings. The summed E-state index contributed by atoms with van der Waals surface area (Å²) in [6.07, 6.45) is 5.17. The topological polar surface area (TPSA) is 89.1 Å². The van der Waals surface area contributed by atoms with Crippen molar-refractivity contribution in [2.24, 2.45) is 0 Å². The van der Waals surface area contributed by atoms with Crippen molar-refractivity contribution in [3.63, 3.8) is 0 Å². The highest BCUT2D eigenvalue weighted by molar-refractivity contribution is 6.05. The number of carbonyl (C=O) groups is 1. The highest BCUT2D eigenvalue weighted by Gasteiger charge is 2.19. The molecule has 0 saturated heterocycles. The van der Waals surface area contributed by atoms with Crippen LogP contribution >= 0.6 is 0 Å². The molecular formula is C24H21FN4O3. The van der Waals surface area contributed by atoms with E-state index in [1.54, 1.807) is 42.6 Å². The first-order valence-corrected chi connectivity index (χ1v) is 9.85. The number of aromatic nitrogens is 3. The normalized spacial score (nSPS) is 11.1. The maximum atomic E-state index is 14.0. The number of halogens is 1. The van der Waals surface area contributed by atoms with Crippen LogP contribution in [0.25, 0.3) is 23.1 Å². The number of methoxy groups -OCH3 is 2. The lowest BCUT2D eigenvalue weighted by Crippen LogP contribution is -2.23. The van der Waals surface area contributed by atoms with Crippen LogP contribution in [0.3, 0.4) is 0 Å². The molecule has 0 aliphatic carbocycles. The maximum absolute atomic E-state index is 14.0. The van der Waals surface area contributed by atoms with Gasteiger partial charge in [0.1, 0.15) is 5.75 Å². The summed E-state index contributed by atoms with van der Waals surface area (Å²) >= 11 is 0. The van der Waals surface area contributed by atoms with E-state index in [2.05, 4.69) is 20.5 Å². The van der Waals surface area contributed by atoms with Gasteiger partial charge in [-0.15, -0.1) is 0 Å². The molecule has 0 aliphatic heterocycles. The number of amides is 1. The quantitative estimate of drug-likeness (QED) is 0.457. The Morgan fingerprint density at radius 2 is 2.00 bits per heavy atom. The van der Waals surface area contributed by atoms with E-state index in [1.807, 2.05) is 18.2 Å². The minimum absolute atomic E-state index is 0.178. The molecule has 0 atom stereocenters. The van der Waals surface area contributed by atoms with Crippen molar-refractivity contribution in [1.29, 1.82) is 0 Å². The molecule has 2 heterocycles. The highest BCUT2D eigenvalue weighted by Crippen LogP contribution is 2.32. The molecule has 1 amide bonds. The summed E-state index contributed by atoms with van der Waals surface area (Å²) in [4.78, 5) is 17.0. The molecule has 0 bridgehead atoms. The predicted octanol–water partition coefficient (Wildman–Crippen LogP) is 4.21. The third kappa shape index (κ3) is 4.29. The first-order valence-electron chi connectivity index (χ1n) is 9.85. The molecule has 32 heavy (non-hydrogen) atoms. The van der Waals surface area contributed by atoms with E-state index in [9.17, 15) is 9.18 Å². The lowest BCUT2D eigenvalue weighted by molar-refractivity contribution is 0.0947. The predicted molar refractivity (Wildman–Crippen MR) is 120 cm³/mol.